The summed E-state index contributed by atoms with van der Waals surface area (Å²) >= 11 is 0. The molecule has 0 amide bonds. The minimum Gasteiger partial charge on any atom is -0.343 e. The highest BCUT2D eigenvalue weighted by Gasteiger charge is 2.08. The molecule has 0 saturated carbocycles. The molecule has 0 fully saturated rings. The lowest BCUT2D eigenvalue weighted by atomic mass is 10.2. The van der Waals surface area contributed by atoms with Crippen LogP contribution in [0.15, 0.2) is 6.20 Å². The van der Waals surface area contributed by atoms with E-state index in [9.17, 15) is 0 Å². The number of likely N-dealkylation sites (N-methyl/N-ethyl adjacent to an activating group) is 2. The van der Waals surface area contributed by atoms with Crippen molar-refractivity contribution >= 4 is 5.95 Å². The third-order valence-electron chi connectivity index (χ3n) is 3.44. The molecule has 0 bridgehead atoms. The van der Waals surface area contributed by atoms with Gasteiger partial charge in [0, 0.05) is 32.0 Å². The van der Waals surface area contributed by atoms with Crippen LogP contribution in [0.25, 0.3) is 0 Å². The predicted molar refractivity (Wildman–Crippen MR) is 77.2 cm³/mol. The maximum atomic E-state index is 4.57. The van der Waals surface area contributed by atoms with E-state index in [-0.39, 0.29) is 0 Å². The number of nitrogens with zero attached hydrogens (tertiary/aromatic N) is 4. The number of anilines is 1. The summed E-state index contributed by atoms with van der Waals surface area (Å²) in [5.41, 5.74) is 2.33. The molecule has 0 aromatic carbocycles. The summed E-state index contributed by atoms with van der Waals surface area (Å²) in [6, 6.07) is 0. The number of hydrogen-bond acceptors (Lipinski definition) is 4. The van der Waals surface area contributed by atoms with Crippen molar-refractivity contribution in [3.63, 3.8) is 0 Å². The van der Waals surface area contributed by atoms with Crippen molar-refractivity contribution in [2.75, 3.05) is 38.1 Å². The first-order valence-electron chi connectivity index (χ1n) is 6.88. The first-order valence-corrected chi connectivity index (χ1v) is 6.88. The van der Waals surface area contributed by atoms with Crippen molar-refractivity contribution in [1.82, 2.24) is 14.9 Å². The molecule has 0 N–H and O–H groups in total. The van der Waals surface area contributed by atoms with Crippen molar-refractivity contribution in [2.24, 2.45) is 0 Å². The summed E-state index contributed by atoms with van der Waals surface area (Å²) in [5, 5.41) is 0. The molecule has 1 rings (SSSR count). The van der Waals surface area contributed by atoms with Gasteiger partial charge in [-0.25, -0.2) is 9.97 Å². The summed E-state index contributed by atoms with van der Waals surface area (Å²) in [6.45, 7) is 12.8. The monoisotopic (exact) mass is 250 g/mol. The molecule has 0 unspecified atom stereocenters. The van der Waals surface area contributed by atoms with Gasteiger partial charge in [0.1, 0.15) is 0 Å². The molecule has 0 radical (unpaired) electrons. The van der Waals surface area contributed by atoms with Crippen molar-refractivity contribution in [1.29, 1.82) is 0 Å². The Morgan fingerprint density at radius 1 is 1.11 bits per heavy atom. The van der Waals surface area contributed by atoms with Crippen LogP contribution < -0.4 is 4.90 Å². The fourth-order valence-corrected chi connectivity index (χ4v) is 1.94. The van der Waals surface area contributed by atoms with Gasteiger partial charge in [0.15, 0.2) is 0 Å². The van der Waals surface area contributed by atoms with Crippen LogP contribution in [0.3, 0.4) is 0 Å². The predicted octanol–water partition coefficient (Wildman–Crippen LogP) is 2.13. The molecule has 0 aliphatic carbocycles. The Hall–Kier alpha value is -1.16. The third kappa shape index (κ3) is 3.95. The minimum atomic E-state index is 0.830. The van der Waals surface area contributed by atoms with Gasteiger partial charge in [-0.1, -0.05) is 20.8 Å². The molecule has 18 heavy (non-hydrogen) atoms. The van der Waals surface area contributed by atoms with Crippen LogP contribution >= 0.6 is 0 Å². The molecule has 0 saturated heterocycles. The van der Waals surface area contributed by atoms with E-state index in [2.05, 4.69) is 54.5 Å². The van der Waals surface area contributed by atoms with E-state index >= 15 is 0 Å². The van der Waals surface area contributed by atoms with E-state index in [1.165, 1.54) is 5.56 Å². The van der Waals surface area contributed by atoms with Crippen molar-refractivity contribution < 1.29 is 0 Å². The minimum absolute atomic E-state index is 0.830. The van der Waals surface area contributed by atoms with E-state index in [4.69, 9.17) is 0 Å². The van der Waals surface area contributed by atoms with Crippen LogP contribution in [0, 0.1) is 6.92 Å². The summed E-state index contributed by atoms with van der Waals surface area (Å²) in [6.07, 6.45) is 2.95. The second-order valence-electron chi connectivity index (χ2n) is 4.58. The van der Waals surface area contributed by atoms with E-state index in [0.717, 1.165) is 44.2 Å². The molecule has 0 atom stereocenters. The molecule has 1 heterocycles. The highest BCUT2D eigenvalue weighted by Crippen LogP contribution is 2.10. The van der Waals surface area contributed by atoms with Crippen LogP contribution in [0.2, 0.25) is 0 Å². The largest absolute Gasteiger partial charge is 0.343 e. The summed E-state index contributed by atoms with van der Waals surface area (Å²) in [5.74, 6) is 0.830. The zero-order valence-corrected chi connectivity index (χ0v) is 12.4. The molecule has 102 valence electrons. The summed E-state index contributed by atoms with van der Waals surface area (Å²) < 4.78 is 0. The molecule has 1 aromatic heterocycles. The third-order valence-corrected chi connectivity index (χ3v) is 3.44. The van der Waals surface area contributed by atoms with Gasteiger partial charge in [-0.3, -0.25) is 0 Å². The van der Waals surface area contributed by atoms with E-state index < -0.39 is 0 Å². The molecule has 0 aliphatic rings. The van der Waals surface area contributed by atoms with Crippen molar-refractivity contribution in [3.8, 4) is 0 Å². The first-order chi connectivity index (χ1) is 8.62. The highest BCUT2D eigenvalue weighted by molar-refractivity contribution is 5.31. The summed E-state index contributed by atoms with van der Waals surface area (Å²) in [4.78, 5) is 13.5. The summed E-state index contributed by atoms with van der Waals surface area (Å²) in [7, 11) is 2.06. The van der Waals surface area contributed by atoms with Gasteiger partial charge in [-0.05, 0) is 32.0 Å². The molecular weight excluding hydrogens is 224 g/mol. The van der Waals surface area contributed by atoms with E-state index in [0.29, 0.717) is 0 Å². The fraction of sp³-hybridized carbons (Fsp3) is 0.714. The molecule has 1 aromatic rings. The van der Waals surface area contributed by atoms with Crippen LogP contribution in [0.4, 0.5) is 5.95 Å². The zero-order chi connectivity index (χ0) is 13.5. The second-order valence-corrected chi connectivity index (χ2v) is 4.58. The Balaban J connectivity index is 2.61. The molecule has 4 nitrogen and oxygen atoms in total. The van der Waals surface area contributed by atoms with Crippen LogP contribution in [0.1, 0.15) is 32.0 Å². The Bertz CT molecular complexity index is 361. The number of aryl methyl sites for hydroxylation is 2. The topological polar surface area (TPSA) is 32.3 Å². The lowest BCUT2D eigenvalue weighted by Gasteiger charge is -2.23. The average Bonchev–Trinajstić information content (AvgIpc) is 2.39. The van der Waals surface area contributed by atoms with Gasteiger partial charge < -0.3 is 9.80 Å². The lowest BCUT2D eigenvalue weighted by Crippen LogP contribution is -2.33. The van der Waals surface area contributed by atoms with Gasteiger partial charge in [-0.2, -0.15) is 0 Å². The fourth-order valence-electron chi connectivity index (χ4n) is 1.94. The molecule has 4 heteroatoms. The van der Waals surface area contributed by atoms with Gasteiger partial charge in [-0.15, -0.1) is 0 Å². The molecular formula is C14H26N4. The van der Waals surface area contributed by atoms with E-state index in [1.807, 2.05) is 6.20 Å². The quantitative estimate of drug-likeness (QED) is 0.742. The SMILES string of the molecule is CCc1cnc(N(C)CCN(CC)CC)nc1C. The highest BCUT2D eigenvalue weighted by atomic mass is 15.3. The van der Waals surface area contributed by atoms with Crippen molar-refractivity contribution in [3.05, 3.63) is 17.5 Å². The first kappa shape index (κ1) is 14.9. The standard InChI is InChI=1S/C14H26N4/c1-6-13-11-15-14(16-12(13)4)17(5)9-10-18(7-2)8-3/h11H,6-10H2,1-5H3. The average molecular weight is 250 g/mol. The van der Waals surface area contributed by atoms with Crippen LogP contribution in [-0.2, 0) is 6.42 Å². The van der Waals surface area contributed by atoms with Crippen LogP contribution in [-0.4, -0.2) is 48.1 Å². The van der Waals surface area contributed by atoms with Gasteiger partial charge in [0.25, 0.3) is 0 Å². The van der Waals surface area contributed by atoms with Crippen molar-refractivity contribution in [2.45, 2.75) is 34.1 Å². The molecule has 0 spiro atoms. The normalized spacial score (nSPS) is 11.0. The Labute approximate surface area is 111 Å². The maximum Gasteiger partial charge on any atom is 0.225 e. The van der Waals surface area contributed by atoms with Gasteiger partial charge in [0.2, 0.25) is 5.95 Å². The van der Waals surface area contributed by atoms with Gasteiger partial charge >= 0.3 is 0 Å². The van der Waals surface area contributed by atoms with E-state index in [1.54, 1.807) is 0 Å². The molecule has 0 aliphatic heterocycles. The second kappa shape index (κ2) is 7.31. The number of hydrogen-bond donors (Lipinski definition) is 0. The number of rotatable bonds is 7. The Kier molecular flexibility index (Phi) is 6.05. The number of aromatic nitrogens is 2. The van der Waals surface area contributed by atoms with Gasteiger partial charge in [0.05, 0.1) is 0 Å². The lowest BCUT2D eigenvalue weighted by molar-refractivity contribution is 0.310. The maximum absolute atomic E-state index is 4.57. The zero-order valence-electron chi connectivity index (χ0n) is 12.4. The smallest absolute Gasteiger partial charge is 0.225 e. The Morgan fingerprint density at radius 3 is 2.28 bits per heavy atom. The van der Waals surface area contributed by atoms with Crippen LogP contribution in [0.5, 0.6) is 0 Å². The Morgan fingerprint density at radius 2 is 1.78 bits per heavy atom.